The van der Waals surface area contributed by atoms with Gasteiger partial charge in [-0.15, -0.1) is 10.2 Å². The number of carbonyl (C=O) groups is 1. The van der Waals surface area contributed by atoms with Gasteiger partial charge in [-0.3, -0.25) is 9.36 Å². The van der Waals surface area contributed by atoms with Gasteiger partial charge >= 0.3 is 0 Å². The van der Waals surface area contributed by atoms with Gasteiger partial charge in [-0.25, -0.2) is 0 Å². The number of thioether (sulfide) groups is 1. The summed E-state index contributed by atoms with van der Waals surface area (Å²) in [5, 5.41) is 9.22. The minimum atomic E-state index is -0.450. The largest absolute Gasteiger partial charge is 0.469 e. The number of hydrogen-bond acceptors (Lipinski definition) is 6. The van der Waals surface area contributed by atoms with Crippen molar-refractivity contribution < 1.29 is 13.9 Å². The molecule has 0 spiro atoms. The maximum Gasteiger partial charge on any atom is 0.240 e. The number of ether oxygens (including phenoxy) is 1. The van der Waals surface area contributed by atoms with Crippen LogP contribution in [0.25, 0.3) is 17.1 Å². The number of morpholine rings is 1. The fourth-order valence-corrected chi connectivity index (χ4v) is 5.03. The van der Waals surface area contributed by atoms with Gasteiger partial charge < -0.3 is 14.1 Å². The number of hydrogen-bond donors (Lipinski definition) is 0. The topological polar surface area (TPSA) is 73.4 Å². The number of furan rings is 1. The third-order valence-electron chi connectivity index (χ3n) is 5.62. The van der Waals surface area contributed by atoms with E-state index in [1.165, 1.54) is 11.8 Å². The normalized spacial score (nSPS) is 14.9. The van der Waals surface area contributed by atoms with Crippen molar-refractivity contribution in [3.63, 3.8) is 0 Å². The molecule has 33 heavy (non-hydrogen) atoms. The van der Waals surface area contributed by atoms with E-state index in [-0.39, 0.29) is 5.91 Å². The second kappa shape index (κ2) is 9.64. The van der Waals surface area contributed by atoms with Crippen molar-refractivity contribution in [2.75, 3.05) is 26.3 Å². The lowest BCUT2D eigenvalue weighted by Crippen LogP contribution is -2.42. The maximum absolute atomic E-state index is 13.6. The standard InChI is InChI=1S/C25H24N4O3S/c1-18-21(12-15-32-18)23-26-27-25(29(23)20-10-6-3-7-11-20)33-22(19-8-4-2-5-9-19)24(30)28-13-16-31-17-14-28/h2-12,15,22H,13-14,16-17H2,1H3. The number of amides is 1. The van der Waals surface area contributed by atoms with Crippen LogP contribution >= 0.6 is 11.8 Å². The van der Waals surface area contributed by atoms with Crippen LogP contribution in [0.4, 0.5) is 0 Å². The number of para-hydroxylation sites is 1. The summed E-state index contributed by atoms with van der Waals surface area (Å²) in [4.78, 5) is 15.5. The van der Waals surface area contributed by atoms with Crippen molar-refractivity contribution in [3.05, 3.63) is 84.3 Å². The lowest BCUT2D eigenvalue weighted by atomic mass is 10.1. The predicted octanol–water partition coefficient (Wildman–Crippen LogP) is 4.53. The number of benzene rings is 2. The molecule has 168 valence electrons. The van der Waals surface area contributed by atoms with Crippen LogP contribution in [0.2, 0.25) is 0 Å². The Kier molecular flexibility index (Phi) is 6.28. The predicted molar refractivity (Wildman–Crippen MR) is 126 cm³/mol. The first-order chi connectivity index (χ1) is 16.2. The third kappa shape index (κ3) is 4.44. The Hall–Kier alpha value is -3.36. The van der Waals surface area contributed by atoms with Gasteiger partial charge in [0.1, 0.15) is 11.0 Å². The van der Waals surface area contributed by atoms with Crippen molar-refractivity contribution in [2.24, 2.45) is 0 Å². The molecule has 1 aliphatic rings. The van der Waals surface area contributed by atoms with Crippen molar-refractivity contribution in [2.45, 2.75) is 17.3 Å². The molecule has 0 saturated carbocycles. The second-order valence-corrected chi connectivity index (χ2v) is 8.79. The van der Waals surface area contributed by atoms with Gasteiger partial charge in [0.05, 0.1) is 25.0 Å². The summed E-state index contributed by atoms with van der Waals surface area (Å²) in [7, 11) is 0. The lowest BCUT2D eigenvalue weighted by molar-refractivity contribution is -0.134. The Morgan fingerprint density at radius 1 is 0.970 bits per heavy atom. The van der Waals surface area contributed by atoms with Crippen LogP contribution in [0.15, 0.2) is 82.6 Å². The van der Waals surface area contributed by atoms with Gasteiger partial charge in [-0.1, -0.05) is 60.3 Å². The van der Waals surface area contributed by atoms with Crippen LogP contribution in [0.5, 0.6) is 0 Å². The molecule has 1 atom stereocenters. The Morgan fingerprint density at radius 2 is 1.67 bits per heavy atom. The van der Waals surface area contributed by atoms with Gasteiger partial charge in [-0.05, 0) is 30.7 Å². The molecule has 8 heteroatoms. The number of rotatable bonds is 6. The zero-order valence-electron chi connectivity index (χ0n) is 18.3. The lowest BCUT2D eigenvalue weighted by Gasteiger charge is -2.30. The van der Waals surface area contributed by atoms with Crippen molar-refractivity contribution >= 4 is 17.7 Å². The molecule has 1 unspecified atom stereocenters. The number of nitrogens with zero attached hydrogens (tertiary/aromatic N) is 4. The molecule has 0 N–H and O–H groups in total. The molecule has 3 heterocycles. The molecular formula is C25H24N4O3S. The fraction of sp³-hybridized carbons (Fsp3) is 0.240. The van der Waals surface area contributed by atoms with Gasteiger partial charge in [0, 0.05) is 18.8 Å². The van der Waals surface area contributed by atoms with Crippen molar-refractivity contribution in [1.82, 2.24) is 19.7 Å². The zero-order chi connectivity index (χ0) is 22.6. The van der Waals surface area contributed by atoms with E-state index in [0.717, 1.165) is 22.6 Å². The summed E-state index contributed by atoms with van der Waals surface area (Å²) in [5.74, 6) is 1.50. The zero-order valence-corrected chi connectivity index (χ0v) is 19.1. The summed E-state index contributed by atoms with van der Waals surface area (Å²) in [6.45, 7) is 4.20. The monoisotopic (exact) mass is 460 g/mol. The van der Waals surface area contributed by atoms with E-state index >= 15 is 0 Å². The second-order valence-electron chi connectivity index (χ2n) is 7.71. The van der Waals surface area contributed by atoms with E-state index in [1.54, 1.807) is 6.26 Å². The number of aryl methyl sites for hydroxylation is 1. The minimum Gasteiger partial charge on any atom is -0.469 e. The minimum absolute atomic E-state index is 0.0538. The van der Waals surface area contributed by atoms with Crippen molar-refractivity contribution in [1.29, 1.82) is 0 Å². The molecule has 5 rings (SSSR count). The number of aromatic nitrogens is 3. The summed E-state index contributed by atoms with van der Waals surface area (Å²) < 4.78 is 13.0. The fourth-order valence-electron chi connectivity index (χ4n) is 3.89. The average molecular weight is 461 g/mol. The highest BCUT2D eigenvalue weighted by Crippen LogP contribution is 2.39. The van der Waals surface area contributed by atoms with E-state index in [2.05, 4.69) is 10.2 Å². The highest BCUT2D eigenvalue weighted by molar-refractivity contribution is 8.00. The van der Waals surface area contributed by atoms with E-state index in [0.29, 0.717) is 37.3 Å². The first-order valence-corrected chi connectivity index (χ1v) is 11.7. The summed E-state index contributed by atoms with van der Waals surface area (Å²) >= 11 is 1.42. The van der Waals surface area contributed by atoms with Crippen LogP contribution in [-0.4, -0.2) is 51.9 Å². The van der Waals surface area contributed by atoms with Gasteiger partial charge in [0.25, 0.3) is 0 Å². The summed E-state index contributed by atoms with van der Waals surface area (Å²) in [6, 6.07) is 21.7. The van der Waals surface area contributed by atoms with Crippen LogP contribution in [0, 0.1) is 6.92 Å². The molecule has 7 nitrogen and oxygen atoms in total. The highest BCUT2D eigenvalue weighted by Gasteiger charge is 2.31. The highest BCUT2D eigenvalue weighted by atomic mass is 32.2. The first kappa shape index (κ1) is 21.5. The van der Waals surface area contributed by atoms with Gasteiger partial charge in [0.15, 0.2) is 11.0 Å². The molecule has 2 aromatic carbocycles. The molecule has 1 amide bonds. The summed E-state index contributed by atoms with van der Waals surface area (Å²) in [5.41, 5.74) is 2.72. The van der Waals surface area contributed by atoms with Crippen LogP contribution in [-0.2, 0) is 9.53 Å². The molecule has 1 aliphatic heterocycles. The molecule has 0 bridgehead atoms. The molecule has 1 fully saturated rings. The Labute approximate surface area is 196 Å². The molecule has 0 aliphatic carbocycles. The van der Waals surface area contributed by atoms with E-state index in [4.69, 9.17) is 9.15 Å². The maximum atomic E-state index is 13.6. The average Bonchev–Trinajstić information content (AvgIpc) is 3.49. The quantitative estimate of drug-likeness (QED) is 0.394. The van der Waals surface area contributed by atoms with Gasteiger partial charge in [0.2, 0.25) is 5.91 Å². The van der Waals surface area contributed by atoms with Crippen LogP contribution < -0.4 is 0 Å². The smallest absolute Gasteiger partial charge is 0.240 e. The molecule has 1 saturated heterocycles. The Bertz CT molecular complexity index is 1220. The Morgan fingerprint density at radius 3 is 2.33 bits per heavy atom. The van der Waals surface area contributed by atoms with Crippen LogP contribution in [0.3, 0.4) is 0 Å². The Balaban J connectivity index is 1.57. The molecule has 0 radical (unpaired) electrons. The number of carbonyl (C=O) groups excluding carboxylic acids is 1. The molecular weight excluding hydrogens is 436 g/mol. The SMILES string of the molecule is Cc1occc1-c1nnc(SC(C(=O)N2CCOCC2)c2ccccc2)n1-c1ccccc1. The molecule has 2 aromatic heterocycles. The van der Waals surface area contributed by atoms with Gasteiger partial charge in [-0.2, -0.15) is 0 Å². The first-order valence-electron chi connectivity index (χ1n) is 10.9. The van der Waals surface area contributed by atoms with E-state index < -0.39 is 5.25 Å². The summed E-state index contributed by atoms with van der Waals surface area (Å²) in [6.07, 6.45) is 1.65. The van der Waals surface area contributed by atoms with Crippen molar-refractivity contribution in [3.8, 4) is 17.1 Å². The van der Waals surface area contributed by atoms with E-state index in [9.17, 15) is 4.79 Å². The van der Waals surface area contributed by atoms with Crippen LogP contribution in [0.1, 0.15) is 16.6 Å². The third-order valence-corrected chi connectivity index (χ3v) is 6.80. The molecule has 4 aromatic rings. The van der Waals surface area contributed by atoms with E-state index in [1.807, 2.05) is 83.1 Å².